The summed E-state index contributed by atoms with van der Waals surface area (Å²) in [6.45, 7) is 5.73. The average Bonchev–Trinajstić information content (AvgIpc) is 1.97. The lowest BCUT2D eigenvalue weighted by molar-refractivity contribution is 0.465. The van der Waals surface area contributed by atoms with Crippen LogP contribution in [-0.4, -0.2) is 5.11 Å². The van der Waals surface area contributed by atoms with Crippen molar-refractivity contribution >= 4 is 12.6 Å². The number of hydrogen-bond donors (Lipinski definition) is 2. The molecule has 0 aromatic heterocycles. The zero-order chi connectivity index (χ0) is 8.59. The number of benzene rings is 1. The van der Waals surface area contributed by atoms with E-state index in [9.17, 15) is 5.11 Å². The Morgan fingerprint density at radius 3 is 2.27 bits per heavy atom. The van der Waals surface area contributed by atoms with Crippen LogP contribution in [-0.2, 0) is 0 Å². The maximum Gasteiger partial charge on any atom is 0.121 e. The molecule has 2 heteroatoms. The van der Waals surface area contributed by atoms with Gasteiger partial charge in [-0.1, -0.05) is 0 Å². The Morgan fingerprint density at radius 2 is 1.73 bits per heavy atom. The van der Waals surface area contributed by atoms with Gasteiger partial charge in [0, 0.05) is 4.90 Å². The van der Waals surface area contributed by atoms with Gasteiger partial charge in [0.25, 0.3) is 0 Å². The first-order valence-corrected chi connectivity index (χ1v) is 3.97. The topological polar surface area (TPSA) is 20.2 Å². The normalized spacial score (nSPS) is 10.2. The molecule has 1 aromatic rings. The Bertz CT molecular complexity index is 266. The summed E-state index contributed by atoms with van der Waals surface area (Å²) in [5.74, 6) is 0.389. The van der Waals surface area contributed by atoms with Crippen molar-refractivity contribution in [2.45, 2.75) is 25.7 Å². The molecule has 0 saturated carbocycles. The molecule has 0 aliphatic rings. The quantitative estimate of drug-likeness (QED) is 0.570. The van der Waals surface area contributed by atoms with Gasteiger partial charge in [0.15, 0.2) is 0 Å². The van der Waals surface area contributed by atoms with Gasteiger partial charge in [-0.3, -0.25) is 0 Å². The predicted molar refractivity (Wildman–Crippen MR) is 49.6 cm³/mol. The number of aryl methyl sites for hydroxylation is 1. The lowest BCUT2D eigenvalue weighted by Gasteiger charge is -2.08. The third-order valence-electron chi connectivity index (χ3n) is 2.03. The molecule has 0 radical (unpaired) electrons. The van der Waals surface area contributed by atoms with Crippen molar-refractivity contribution in [3.05, 3.63) is 22.8 Å². The molecule has 0 fully saturated rings. The molecule has 11 heavy (non-hydrogen) atoms. The first-order chi connectivity index (χ1) is 5.04. The van der Waals surface area contributed by atoms with Crippen LogP contribution in [0.3, 0.4) is 0 Å². The zero-order valence-corrected chi connectivity index (χ0v) is 7.87. The second kappa shape index (κ2) is 2.78. The number of phenolic OH excluding ortho intramolecular Hbond substituents is 1. The van der Waals surface area contributed by atoms with Crippen molar-refractivity contribution in [2.24, 2.45) is 0 Å². The van der Waals surface area contributed by atoms with Gasteiger partial charge in [-0.25, -0.2) is 0 Å². The van der Waals surface area contributed by atoms with E-state index >= 15 is 0 Å². The number of phenols is 1. The minimum absolute atomic E-state index is 0.389. The first-order valence-electron chi connectivity index (χ1n) is 3.52. The third kappa shape index (κ3) is 1.36. The van der Waals surface area contributed by atoms with E-state index in [0.29, 0.717) is 5.75 Å². The highest BCUT2D eigenvalue weighted by atomic mass is 32.1. The maximum absolute atomic E-state index is 9.48. The average molecular weight is 168 g/mol. The summed E-state index contributed by atoms with van der Waals surface area (Å²) in [5.41, 5.74) is 2.87. The Labute approximate surface area is 72.5 Å². The van der Waals surface area contributed by atoms with Crippen LogP contribution in [0.5, 0.6) is 5.75 Å². The van der Waals surface area contributed by atoms with E-state index in [1.807, 2.05) is 26.8 Å². The molecule has 0 spiro atoms. The Balaban J connectivity index is 3.46. The summed E-state index contributed by atoms with van der Waals surface area (Å²) in [6, 6.07) is 1.88. The van der Waals surface area contributed by atoms with Crippen LogP contribution in [0.1, 0.15) is 16.7 Å². The highest BCUT2D eigenvalue weighted by molar-refractivity contribution is 7.80. The van der Waals surface area contributed by atoms with E-state index in [-0.39, 0.29) is 0 Å². The number of hydrogen-bond acceptors (Lipinski definition) is 2. The molecule has 1 N–H and O–H groups in total. The largest absolute Gasteiger partial charge is 0.507 e. The fourth-order valence-electron chi connectivity index (χ4n) is 1.05. The lowest BCUT2D eigenvalue weighted by atomic mass is 10.1. The monoisotopic (exact) mass is 168 g/mol. The molecule has 1 nitrogen and oxygen atoms in total. The summed E-state index contributed by atoms with van der Waals surface area (Å²) in [7, 11) is 0. The summed E-state index contributed by atoms with van der Waals surface area (Å²) in [5, 5.41) is 9.48. The molecular weight excluding hydrogens is 156 g/mol. The summed E-state index contributed by atoms with van der Waals surface area (Å²) < 4.78 is 0. The minimum atomic E-state index is 0.389. The van der Waals surface area contributed by atoms with Crippen LogP contribution in [0.4, 0.5) is 0 Å². The fraction of sp³-hybridized carbons (Fsp3) is 0.333. The van der Waals surface area contributed by atoms with Crippen LogP contribution in [0.15, 0.2) is 11.0 Å². The Kier molecular flexibility index (Phi) is 2.14. The second-order valence-electron chi connectivity index (χ2n) is 2.81. The van der Waals surface area contributed by atoms with Crippen molar-refractivity contribution in [1.82, 2.24) is 0 Å². The molecular formula is C9H12OS. The molecule has 0 heterocycles. The highest BCUT2D eigenvalue weighted by Crippen LogP contribution is 2.28. The molecule has 1 aromatic carbocycles. The van der Waals surface area contributed by atoms with Crippen LogP contribution in [0, 0.1) is 20.8 Å². The van der Waals surface area contributed by atoms with Crippen LogP contribution >= 0.6 is 12.6 Å². The van der Waals surface area contributed by atoms with E-state index in [1.54, 1.807) is 0 Å². The summed E-state index contributed by atoms with van der Waals surface area (Å²) in [4.78, 5) is 0.942. The molecule has 0 saturated heterocycles. The smallest absolute Gasteiger partial charge is 0.121 e. The van der Waals surface area contributed by atoms with Crippen LogP contribution in [0.2, 0.25) is 0 Å². The minimum Gasteiger partial charge on any atom is -0.507 e. The van der Waals surface area contributed by atoms with Gasteiger partial charge >= 0.3 is 0 Å². The van der Waals surface area contributed by atoms with Gasteiger partial charge in [-0.2, -0.15) is 0 Å². The van der Waals surface area contributed by atoms with Crippen molar-refractivity contribution < 1.29 is 5.11 Å². The maximum atomic E-state index is 9.48. The Hall–Kier alpha value is -0.630. The molecule has 0 bridgehead atoms. The van der Waals surface area contributed by atoms with Crippen LogP contribution in [0.25, 0.3) is 0 Å². The summed E-state index contributed by atoms with van der Waals surface area (Å²) >= 11 is 4.27. The van der Waals surface area contributed by atoms with Crippen molar-refractivity contribution in [1.29, 1.82) is 0 Å². The van der Waals surface area contributed by atoms with Gasteiger partial charge in [0.1, 0.15) is 5.75 Å². The van der Waals surface area contributed by atoms with Gasteiger partial charge in [-0.05, 0) is 43.5 Å². The van der Waals surface area contributed by atoms with E-state index in [1.165, 1.54) is 0 Å². The first kappa shape index (κ1) is 8.47. The zero-order valence-electron chi connectivity index (χ0n) is 6.97. The van der Waals surface area contributed by atoms with Crippen molar-refractivity contribution in [3.8, 4) is 5.75 Å². The number of rotatable bonds is 0. The van der Waals surface area contributed by atoms with Crippen molar-refractivity contribution in [3.63, 3.8) is 0 Å². The SMILES string of the molecule is Cc1cc(S)c(C)c(C)c1O. The summed E-state index contributed by atoms with van der Waals surface area (Å²) in [6.07, 6.45) is 0. The molecule has 0 aliphatic carbocycles. The van der Waals surface area contributed by atoms with Crippen molar-refractivity contribution in [2.75, 3.05) is 0 Å². The predicted octanol–water partition coefficient (Wildman–Crippen LogP) is 2.61. The molecule has 60 valence electrons. The van der Waals surface area contributed by atoms with E-state index < -0.39 is 0 Å². The number of thiol groups is 1. The Morgan fingerprint density at radius 1 is 1.18 bits per heavy atom. The molecule has 1 rings (SSSR count). The van der Waals surface area contributed by atoms with E-state index in [0.717, 1.165) is 21.6 Å². The molecule has 0 unspecified atom stereocenters. The standard InChI is InChI=1S/C9H12OS/c1-5-4-8(11)6(2)7(3)9(5)10/h4,10-11H,1-3H3. The van der Waals surface area contributed by atoms with E-state index in [2.05, 4.69) is 12.6 Å². The molecule has 0 amide bonds. The van der Waals surface area contributed by atoms with E-state index in [4.69, 9.17) is 0 Å². The molecule has 0 aliphatic heterocycles. The number of aromatic hydroxyl groups is 1. The molecule has 0 atom stereocenters. The third-order valence-corrected chi connectivity index (χ3v) is 2.49. The highest BCUT2D eigenvalue weighted by Gasteiger charge is 2.05. The van der Waals surface area contributed by atoms with Gasteiger partial charge in [0.2, 0.25) is 0 Å². The lowest BCUT2D eigenvalue weighted by Crippen LogP contribution is -1.87. The van der Waals surface area contributed by atoms with Crippen LogP contribution < -0.4 is 0 Å². The second-order valence-corrected chi connectivity index (χ2v) is 3.29. The van der Waals surface area contributed by atoms with Gasteiger partial charge in [0.05, 0.1) is 0 Å². The van der Waals surface area contributed by atoms with Gasteiger partial charge < -0.3 is 5.11 Å². The fourth-order valence-corrected chi connectivity index (χ4v) is 1.41. The van der Waals surface area contributed by atoms with Gasteiger partial charge in [-0.15, -0.1) is 12.6 Å².